The first-order valence-electron chi connectivity index (χ1n) is 9.38. The molecule has 0 saturated heterocycles. The Hall–Kier alpha value is -1.83. The van der Waals surface area contributed by atoms with Gasteiger partial charge in [0.15, 0.2) is 5.70 Å². The van der Waals surface area contributed by atoms with Gasteiger partial charge in [0.1, 0.15) is 5.76 Å². The van der Waals surface area contributed by atoms with E-state index in [1.54, 1.807) is 13.8 Å². The SMILES string of the molecule is CCOC(=O)CCC/C(O[Si](C)(C)C(C)(C)C)=C(/NC(C)=O)C(=O)OCC. The molecule has 1 N–H and O–H groups in total. The van der Waals surface area contributed by atoms with Crippen LogP contribution in [0.1, 0.15) is 60.8 Å². The van der Waals surface area contributed by atoms with Crippen LogP contribution in [0.4, 0.5) is 0 Å². The van der Waals surface area contributed by atoms with Crippen LogP contribution in [0.5, 0.6) is 0 Å². The largest absolute Gasteiger partial charge is 0.545 e. The van der Waals surface area contributed by atoms with Crippen LogP contribution in [0.15, 0.2) is 11.5 Å². The Morgan fingerprint density at radius 2 is 1.52 bits per heavy atom. The third-order valence-corrected chi connectivity index (χ3v) is 8.70. The van der Waals surface area contributed by atoms with E-state index in [4.69, 9.17) is 13.9 Å². The number of nitrogens with one attached hydrogen (secondary N) is 1. The van der Waals surface area contributed by atoms with Gasteiger partial charge in [-0.1, -0.05) is 20.8 Å². The van der Waals surface area contributed by atoms with E-state index in [2.05, 4.69) is 39.2 Å². The molecule has 0 aliphatic carbocycles. The number of esters is 2. The van der Waals surface area contributed by atoms with Crippen LogP contribution in [-0.4, -0.2) is 39.4 Å². The molecule has 0 aromatic rings. The molecule has 0 atom stereocenters. The summed E-state index contributed by atoms with van der Waals surface area (Å²) in [7, 11) is -2.28. The average molecular weight is 402 g/mol. The van der Waals surface area contributed by atoms with E-state index in [0.717, 1.165) is 0 Å². The molecule has 0 rings (SSSR count). The highest BCUT2D eigenvalue weighted by atomic mass is 28.4. The van der Waals surface area contributed by atoms with Crippen LogP contribution in [0, 0.1) is 0 Å². The minimum atomic E-state index is -2.28. The summed E-state index contributed by atoms with van der Waals surface area (Å²) in [5.41, 5.74) is 0.0121. The number of hydrogen-bond donors (Lipinski definition) is 1. The predicted molar refractivity (Wildman–Crippen MR) is 106 cm³/mol. The van der Waals surface area contributed by atoms with Crippen molar-refractivity contribution in [3.05, 3.63) is 11.5 Å². The van der Waals surface area contributed by atoms with Crippen LogP contribution >= 0.6 is 0 Å². The van der Waals surface area contributed by atoms with Crippen molar-refractivity contribution >= 4 is 26.2 Å². The van der Waals surface area contributed by atoms with Gasteiger partial charge in [0.05, 0.1) is 13.2 Å². The Morgan fingerprint density at radius 1 is 0.963 bits per heavy atom. The smallest absolute Gasteiger partial charge is 0.358 e. The highest BCUT2D eigenvalue weighted by Gasteiger charge is 2.40. The lowest BCUT2D eigenvalue weighted by Crippen LogP contribution is -2.42. The number of rotatable bonds is 10. The van der Waals surface area contributed by atoms with E-state index in [0.29, 0.717) is 25.2 Å². The van der Waals surface area contributed by atoms with Gasteiger partial charge in [0.25, 0.3) is 0 Å². The average Bonchev–Trinajstić information content (AvgIpc) is 2.50. The minimum Gasteiger partial charge on any atom is -0.545 e. The van der Waals surface area contributed by atoms with Crippen LogP contribution in [-0.2, 0) is 28.3 Å². The first-order chi connectivity index (χ1) is 12.4. The Kier molecular flexibility index (Phi) is 10.4. The van der Waals surface area contributed by atoms with E-state index in [1.807, 2.05) is 0 Å². The van der Waals surface area contributed by atoms with Gasteiger partial charge < -0.3 is 19.2 Å². The number of carbonyl (C=O) groups excluding carboxylic acids is 3. The van der Waals surface area contributed by atoms with Gasteiger partial charge in [0.2, 0.25) is 14.2 Å². The first-order valence-corrected chi connectivity index (χ1v) is 12.3. The Balaban J connectivity index is 5.76. The maximum absolute atomic E-state index is 12.4. The summed E-state index contributed by atoms with van der Waals surface area (Å²) in [4.78, 5) is 35.7. The van der Waals surface area contributed by atoms with Gasteiger partial charge in [-0.15, -0.1) is 0 Å². The highest BCUT2D eigenvalue weighted by Crippen LogP contribution is 2.39. The molecule has 0 aromatic heterocycles. The van der Waals surface area contributed by atoms with E-state index in [-0.39, 0.29) is 35.6 Å². The van der Waals surface area contributed by atoms with Crippen LogP contribution < -0.4 is 5.32 Å². The molecular weight excluding hydrogens is 366 g/mol. The van der Waals surface area contributed by atoms with Crippen molar-refractivity contribution in [2.24, 2.45) is 0 Å². The maximum Gasteiger partial charge on any atom is 0.358 e. The van der Waals surface area contributed by atoms with Gasteiger partial charge in [-0.05, 0) is 38.4 Å². The highest BCUT2D eigenvalue weighted by molar-refractivity contribution is 6.74. The third kappa shape index (κ3) is 9.08. The molecule has 0 radical (unpaired) electrons. The number of ether oxygens (including phenoxy) is 2. The molecule has 0 aliphatic heterocycles. The van der Waals surface area contributed by atoms with Gasteiger partial charge in [0, 0.05) is 19.8 Å². The minimum absolute atomic E-state index is 0.0121. The lowest BCUT2D eigenvalue weighted by molar-refractivity contribution is -0.143. The van der Waals surface area contributed by atoms with Crippen molar-refractivity contribution in [1.29, 1.82) is 0 Å². The topological polar surface area (TPSA) is 90.9 Å². The molecule has 0 bridgehead atoms. The standard InChI is InChI=1S/C19H35NO6Si/c1-9-24-16(22)13-11-12-15(26-27(7,8)19(4,5)6)17(20-14(3)21)18(23)25-10-2/h9-13H2,1-8H3,(H,20,21)/b17-15-. The number of hydrogen-bond acceptors (Lipinski definition) is 6. The van der Waals surface area contributed by atoms with Crippen molar-refractivity contribution in [3.63, 3.8) is 0 Å². The van der Waals surface area contributed by atoms with Crippen LogP contribution in [0.25, 0.3) is 0 Å². The molecule has 27 heavy (non-hydrogen) atoms. The quantitative estimate of drug-likeness (QED) is 0.260. The van der Waals surface area contributed by atoms with E-state index in [9.17, 15) is 14.4 Å². The van der Waals surface area contributed by atoms with Crippen molar-refractivity contribution in [2.75, 3.05) is 13.2 Å². The second-order valence-electron chi connectivity index (χ2n) is 7.72. The van der Waals surface area contributed by atoms with Gasteiger partial charge >= 0.3 is 11.9 Å². The summed E-state index contributed by atoms with van der Waals surface area (Å²) in [6, 6.07) is 0. The molecule has 0 fully saturated rings. The van der Waals surface area contributed by atoms with Gasteiger partial charge in [-0.2, -0.15) is 0 Å². The molecular formula is C19H35NO6Si. The number of amides is 1. The van der Waals surface area contributed by atoms with Crippen molar-refractivity contribution in [2.45, 2.75) is 78.9 Å². The fraction of sp³-hybridized carbons (Fsp3) is 0.737. The van der Waals surface area contributed by atoms with Crippen molar-refractivity contribution in [1.82, 2.24) is 5.32 Å². The molecule has 0 saturated carbocycles. The molecule has 0 unspecified atom stereocenters. The second-order valence-corrected chi connectivity index (χ2v) is 12.4. The fourth-order valence-corrected chi connectivity index (χ4v) is 3.05. The van der Waals surface area contributed by atoms with Gasteiger partial charge in [-0.3, -0.25) is 9.59 Å². The zero-order valence-electron chi connectivity index (χ0n) is 18.0. The molecule has 0 heterocycles. The Bertz CT molecular complexity index is 563. The number of carbonyl (C=O) groups is 3. The molecule has 7 nitrogen and oxygen atoms in total. The van der Waals surface area contributed by atoms with Crippen molar-refractivity contribution in [3.8, 4) is 0 Å². The van der Waals surface area contributed by atoms with Crippen LogP contribution in [0.3, 0.4) is 0 Å². The van der Waals surface area contributed by atoms with Crippen molar-refractivity contribution < 1.29 is 28.3 Å². The third-order valence-electron chi connectivity index (χ3n) is 4.33. The molecule has 1 amide bonds. The summed E-state index contributed by atoms with van der Waals surface area (Å²) >= 11 is 0. The monoisotopic (exact) mass is 401 g/mol. The molecule has 0 aliphatic rings. The molecule has 0 aromatic carbocycles. The predicted octanol–water partition coefficient (Wildman–Crippen LogP) is 3.65. The lowest BCUT2D eigenvalue weighted by atomic mass is 10.2. The zero-order chi connectivity index (χ0) is 21.3. The van der Waals surface area contributed by atoms with E-state index < -0.39 is 14.3 Å². The summed E-state index contributed by atoms with van der Waals surface area (Å²) in [6.45, 7) is 15.6. The van der Waals surface area contributed by atoms with Crippen LogP contribution in [0.2, 0.25) is 18.1 Å². The lowest BCUT2D eigenvalue weighted by Gasteiger charge is -2.37. The molecule has 8 heteroatoms. The summed E-state index contributed by atoms with van der Waals surface area (Å²) in [6.07, 6.45) is 0.958. The summed E-state index contributed by atoms with van der Waals surface area (Å²) in [5, 5.41) is 2.45. The summed E-state index contributed by atoms with van der Waals surface area (Å²) in [5.74, 6) is -0.974. The normalized spacial score (nSPS) is 12.7. The fourth-order valence-electron chi connectivity index (χ4n) is 1.93. The maximum atomic E-state index is 12.4. The summed E-state index contributed by atoms with van der Waals surface area (Å²) < 4.78 is 16.4. The Morgan fingerprint density at radius 3 is 1.96 bits per heavy atom. The number of allylic oxidation sites excluding steroid dienone is 1. The van der Waals surface area contributed by atoms with E-state index >= 15 is 0 Å². The zero-order valence-corrected chi connectivity index (χ0v) is 19.0. The second kappa shape index (κ2) is 11.1. The first kappa shape index (κ1) is 25.2. The molecule has 0 spiro atoms. The van der Waals surface area contributed by atoms with Gasteiger partial charge in [-0.25, -0.2) is 4.79 Å². The Labute approximate surface area is 163 Å². The molecule has 156 valence electrons. The van der Waals surface area contributed by atoms with E-state index in [1.165, 1.54) is 6.92 Å².